The third-order valence-electron chi connectivity index (χ3n) is 5.04. The number of aliphatic hydroxyl groups excluding tert-OH is 1. The molecule has 1 aromatic carbocycles. The standard InChI is InChI=1S/C21H21NO5/c1-13-9-10-16(27-13)18-17(19(23)14-6-3-2-4-7-14)20(24)21(25)22(18)12-15-8-5-11-26-15/h2-4,6-7,9-10,15,18,23H,5,8,11-12H2,1H3/b19-17+. The SMILES string of the molecule is Cc1ccc(C2/C(=C(\O)c3ccccc3)C(=O)C(=O)N2CC2CCCO2)o1. The largest absolute Gasteiger partial charge is 0.507 e. The maximum Gasteiger partial charge on any atom is 0.295 e. The Kier molecular flexibility index (Phi) is 4.58. The summed E-state index contributed by atoms with van der Waals surface area (Å²) in [5, 5.41) is 10.8. The number of amides is 1. The predicted octanol–water partition coefficient (Wildman–Crippen LogP) is 3.19. The molecule has 0 spiro atoms. The molecule has 2 fully saturated rings. The summed E-state index contributed by atoms with van der Waals surface area (Å²) in [5.41, 5.74) is 0.541. The minimum absolute atomic E-state index is 0.0542. The predicted molar refractivity (Wildman–Crippen MR) is 97.9 cm³/mol. The number of rotatable bonds is 4. The molecule has 140 valence electrons. The van der Waals surface area contributed by atoms with Crippen LogP contribution in [-0.4, -0.2) is 41.0 Å². The van der Waals surface area contributed by atoms with Gasteiger partial charge in [-0.25, -0.2) is 0 Å². The average Bonchev–Trinajstić information content (AvgIpc) is 3.39. The van der Waals surface area contributed by atoms with Crippen LogP contribution < -0.4 is 0 Å². The van der Waals surface area contributed by atoms with Gasteiger partial charge < -0.3 is 19.2 Å². The van der Waals surface area contributed by atoms with Gasteiger partial charge in [-0.3, -0.25) is 9.59 Å². The zero-order valence-electron chi connectivity index (χ0n) is 15.1. The number of aliphatic hydroxyl groups is 1. The van der Waals surface area contributed by atoms with Crippen LogP contribution in [0.2, 0.25) is 0 Å². The Hall–Kier alpha value is -2.86. The summed E-state index contributed by atoms with van der Waals surface area (Å²) in [6.45, 7) is 2.75. The Morgan fingerprint density at radius 3 is 2.59 bits per heavy atom. The van der Waals surface area contributed by atoms with Crippen LogP contribution in [0.5, 0.6) is 0 Å². The van der Waals surface area contributed by atoms with Crippen LogP contribution in [0.25, 0.3) is 5.76 Å². The molecule has 6 heteroatoms. The molecule has 0 bridgehead atoms. The van der Waals surface area contributed by atoms with E-state index in [-0.39, 0.29) is 17.4 Å². The van der Waals surface area contributed by atoms with E-state index in [1.54, 1.807) is 43.3 Å². The number of furan rings is 1. The van der Waals surface area contributed by atoms with Crippen molar-refractivity contribution in [2.45, 2.75) is 31.9 Å². The van der Waals surface area contributed by atoms with Crippen LogP contribution in [-0.2, 0) is 14.3 Å². The highest BCUT2D eigenvalue weighted by Crippen LogP contribution is 2.40. The molecule has 27 heavy (non-hydrogen) atoms. The summed E-state index contributed by atoms with van der Waals surface area (Å²) in [6.07, 6.45) is 1.66. The fraction of sp³-hybridized carbons (Fsp3) is 0.333. The average molecular weight is 367 g/mol. The molecule has 2 aliphatic rings. The molecule has 2 aromatic rings. The zero-order valence-corrected chi connectivity index (χ0v) is 15.1. The Bertz CT molecular complexity index is 892. The zero-order chi connectivity index (χ0) is 19.0. The molecule has 4 rings (SSSR count). The van der Waals surface area contributed by atoms with Crippen molar-refractivity contribution in [3.8, 4) is 0 Å². The van der Waals surface area contributed by atoms with Gasteiger partial charge in [0.05, 0.1) is 11.7 Å². The molecule has 3 heterocycles. The number of carbonyl (C=O) groups excluding carboxylic acids is 2. The number of ether oxygens (including phenoxy) is 1. The van der Waals surface area contributed by atoms with Crippen molar-refractivity contribution in [2.24, 2.45) is 0 Å². The Labute approximate surface area is 157 Å². The van der Waals surface area contributed by atoms with Gasteiger partial charge in [0, 0.05) is 18.7 Å². The lowest BCUT2D eigenvalue weighted by atomic mass is 9.99. The van der Waals surface area contributed by atoms with E-state index in [2.05, 4.69) is 0 Å². The summed E-state index contributed by atoms with van der Waals surface area (Å²) in [5.74, 6) is -0.395. The molecule has 1 aromatic heterocycles. The number of aryl methyl sites for hydroxylation is 1. The lowest BCUT2D eigenvalue weighted by Crippen LogP contribution is -2.36. The smallest absolute Gasteiger partial charge is 0.295 e. The van der Waals surface area contributed by atoms with Crippen molar-refractivity contribution < 1.29 is 23.8 Å². The first-order valence-corrected chi connectivity index (χ1v) is 9.08. The summed E-state index contributed by atoms with van der Waals surface area (Å²) in [6, 6.07) is 11.5. The molecule has 0 aliphatic carbocycles. The molecular weight excluding hydrogens is 346 g/mol. The van der Waals surface area contributed by atoms with E-state index in [4.69, 9.17) is 9.15 Å². The van der Waals surface area contributed by atoms with Gasteiger partial charge in [0.25, 0.3) is 11.7 Å². The third-order valence-corrected chi connectivity index (χ3v) is 5.04. The Morgan fingerprint density at radius 2 is 1.96 bits per heavy atom. The quantitative estimate of drug-likeness (QED) is 0.510. The highest BCUT2D eigenvalue weighted by molar-refractivity contribution is 6.46. The van der Waals surface area contributed by atoms with E-state index >= 15 is 0 Å². The fourth-order valence-electron chi connectivity index (χ4n) is 3.72. The first-order valence-electron chi connectivity index (χ1n) is 9.08. The normalized spacial score (nSPS) is 24.7. The molecule has 1 amide bonds. The maximum absolute atomic E-state index is 12.8. The van der Waals surface area contributed by atoms with Crippen LogP contribution in [0.15, 0.2) is 52.5 Å². The second-order valence-electron chi connectivity index (χ2n) is 6.90. The van der Waals surface area contributed by atoms with Crippen LogP contribution in [0.4, 0.5) is 0 Å². The number of likely N-dealkylation sites (tertiary alicyclic amines) is 1. The minimum Gasteiger partial charge on any atom is -0.507 e. The van der Waals surface area contributed by atoms with Crippen LogP contribution in [0.1, 0.15) is 36.0 Å². The van der Waals surface area contributed by atoms with Crippen LogP contribution in [0, 0.1) is 6.92 Å². The minimum atomic E-state index is -0.761. The van der Waals surface area contributed by atoms with Crippen molar-refractivity contribution in [2.75, 3.05) is 13.2 Å². The van der Waals surface area contributed by atoms with Gasteiger partial charge in [-0.1, -0.05) is 30.3 Å². The van der Waals surface area contributed by atoms with Crippen molar-refractivity contribution in [3.63, 3.8) is 0 Å². The Balaban J connectivity index is 1.80. The van der Waals surface area contributed by atoms with E-state index < -0.39 is 17.7 Å². The fourth-order valence-corrected chi connectivity index (χ4v) is 3.72. The summed E-state index contributed by atoms with van der Waals surface area (Å²) < 4.78 is 11.4. The van der Waals surface area contributed by atoms with E-state index in [1.807, 2.05) is 6.07 Å². The molecular formula is C21H21NO5. The van der Waals surface area contributed by atoms with Gasteiger partial charge in [0.1, 0.15) is 23.3 Å². The number of benzene rings is 1. The molecule has 0 radical (unpaired) electrons. The lowest BCUT2D eigenvalue weighted by molar-refractivity contribution is -0.141. The van der Waals surface area contributed by atoms with Crippen molar-refractivity contribution in [1.82, 2.24) is 4.90 Å². The maximum atomic E-state index is 12.8. The van der Waals surface area contributed by atoms with Crippen molar-refractivity contribution in [1.29, 1.82) is 0 Å². The lowest BCUT2D eigenvalue weighted by Gasteiger charge is -2.25. The summed E-state index contributed by atoms with van der Waals surface area (Å²) in [4.78, 5) is 27.0. The highest BCUT2D eigenvalue weighted by Gasteiger charge is 2.48. The van der Waals surface area contributed by atoms with Gasteiger partial charge in [-0.15, -0.1) is 0 Å². The second-order valence-corrected chi connectivity index (χ2v) is 6.90. The van der Waals surface area contributed by atoms with Crippen molar-refractivity contribution in [3.05, 3.63) is 65.1 Å². The number of hydrogen-bond donors (Lipinski definition) is 1. The molecule has 0 saturated carbocycles. The first-order chi connectivity index (χ1) is 13.1. The summed E-state index contributed by atoms with van der Waals surface area (Å²) in [7, 11) is 0. The van der Waals surface area contributed by atoms with E-state index in [1.165, 1.54) is 4.90 Å². The molecule has 2 atom stereocenters. The molecule has 6 nitrogen and oxygen atoms in total. The monoisotopic (exact) mass is 367 g/mol. The first kappa shape index (κ1) is 17.5. The van der Waals surface area contributed by atoms with Gasteiger partial charge in [0.15, 0.2) is 0 Å². The molecule has 2 aliphatic heterocycles. The topological polar surface area (TPSA) is 80.0 Å². The van der Waals surface area contributed by atoms with Crippen LogP contribution in [0.3, 0.4) is 0 Å². The van der Waals surface area contributed by atoms with E-state index in [9.17, 15) is 14.7 Å². The molecule has 1 N–H and O–H groups in total. The molecule has 2 unspecified atom stereocenters. The van der Waals surface area contributed by atoms with E-state index in [0.29, 0.717) is 30.2 Å². The highest BCUT2D eigenvalue weighted by atomic mass is 16.5. The third kappa shape index (κ3) is 3.17. The van der Waals surface area contributed by atoms with Gasteiger partial charge in [-0.05, 0) is 31.9 Å². The number of nitrogens with zero attached hydrogens (tertiary/aromatic N) is 1. The molecule has 2 saturated heterocycles. The number of hydrogen-bond acceptors (Lipinski definition) is 5. The number of ketones is 1. The van der Waals surface area contributed by atoms with Crippen molar-refractivity contribution >= 4 is 17.4 Å². The van der Waals surface area contributed by atoms with E-state index in [0.717, 1.165) is 12.8 Å². The van der Waals surface area contributed by atoms with Crippen LogP contribution >= 0.6 is 0 Å². The number of Topliss-reactive ketones (excluding diaryl/α,β-unsaturated/α-hetero) is 1. The summed E-state index contributed by atoms with van der Waals surface area (Å²) >= 11 is 0. The van der Waals surface area contributed by atoms with Gasteiger partial charge in [-0.2, -0.15) is 0 Å². The second kappa shape index (κ2) is 7.04. The number of carbonyl (C=O) groups is 2. The van der Waals surface area contributed by atoms with Gasteiger partial charge in [0.2, 0.25) is 0 Å². The van der Waals surface area contributed by atoms with Gasteiger partial charge >= 0.3 is 0 Å². The Morgan fingerprint density at radius 1 is 1.19 bits per heavy atom.